The lowest BCUT2D eigenvalue weighted by atomic mass is 10.1. The van der Waals surface area contributed by atoms with Gasteiger partial charge in [0.2, 0.25) is 16.0 Å². The molecular formula is C24H21BrFN7O2S2. The van der Waals surface area contributed by atoms with Gasteiger partial charge in [-0.1, -0.05) is 15.9 Å². The first-order valence-electron chi connectivity index (χ1n) is 11.2. The van der Waals surface area contributed by atoms with Crippen molar-refractivity contribution in [2.24, 2.45) is 0 Å². The van der Waals surface area contributed by atoms with Gasteiger partial charge in [0.25, 0.3) is 0 Å². The molecule has 13 heteroatoms. The van der Waals surface area contributed by atoms with E-state index >= 15 is 0 Å². The number of nitrogens with one attached hydrogen (secondary N) is 2. The van der Waals surface area contributed by atoms with Gasteiger partial charge in [0.15, 0.2) is 4.96 Å². The normalized spacial score (nSPS) is 11.7. The number of nitrogen functional groups attached to an aromatic ring is 1. The van der Waals surface area contributed by atoms with Crippen LogP contribution in [0.4, 0.5) is 16.0 Å². The van der Waals surface area contributed by atoms with Crippen molar-refractivity contribution >= 4 is 53.9 Å². The van der Waals surface area contributed by atoms with Gasteiger partial charge in [0, 0.05) is 40.9 Å². The molecule has 9 nitrogen and oxygen atoms in total. The van der Waals surface area contributed by atoms with E-state index < -0.39 is 15.8 Å². The Kier molecular flexibility index (Phi) is 7.20. The van der Waals surface area contributed by atoms with E-state index in [0.29, 0.717) is 35.9 Å². The third kappa shape index (κ3) is 5.49. The van der Waals surface area contributed by atoms with Crippen molar-refractivity contribution in [2.75, 3.05) is 24.1 Å². The average molecular weight is 603 g/mol. The fourth-order valence-electron chi connectivity index (χ4n) is 3.69. The Hall–Kier alpha value is -3.39. The maximum atomic E-state index is 13.8. The smallest absolute Gasteiger partial charge is 0.240 e. The minimum Gasteiger partial charge on any atom is -0.396 e. The molecule has 2 aromatic carbocycles. The lowest BCUT2D eigenvalue weighted by molar-refractivity contribution is 0.580. The molecule has 3 heterocycles. The number of aromatic nitrogens is 4. The number of hydrogen-bond donors (Lipinski definition) is 3. The van der Waals surface area contributed by atoms with E-state index in [0.717, 1.165) is 15.1 Å². The predicted molar refractivity (Wildman–Crippen MR) is 146 cm³/mol. The first-order valence-corrected chi connectivity index (χ1v) is 14.3. The molecule has 37 heavy (non-hydrogen) atoms. The second kappa shape index (κ2) is 10.5. The third-order valence-electron chi connectivity index (χ3n) is 5.48. The summed E-state index contributed by atoms with van der Waals surface area (Å²) in [6.45, 7) is 0.702. The summed E-state index contributed by atoms with van der Waals surface area (Å²) in [4.78, 5) is 14.6. The zero-order valence-electron chi connectivity index (χ0n) is 19.2. The second-order valence-electron chi connectivity index (χ2n) is 8.00. The largest absolute Gasteiger partial charge is 0.396 e. The number of benzene rings is 2. The van der Waals surface area contributed by atoms with Crippen molar-refractivity contribution in [3.8, 4) is 22.6 Å². The number of rotatable bonds is 9. The molecule has 4 N–H and O–H groups in total. The molecule has 5 aromatic rings. The second-order valence-corrected chi connectivity index (χ2v) is 11.6. The summed E-state index contributed by atoms with van der Waals surface area (Å²) < 4.78 is 43.9. The number of imidazole rings is 1. The highest BCUT2D eigenvalue weighted by Gasteiger charge is 2.19. The van der Waals surface area contributed by atoms with Crippen LogP contribution in [-0.2, 0) is 10.0 Å². The molecule has 0 aliphatic heterocycles. The van der Waals surface area contributed by atoms with Gasteiger partial charge in [0.1, 0.15) is 11.5 Å². The quantitative estimate of drug-likeness (QED) is 0.164. The molecule has 0 radical (unpaired) electrons. The van der Waals surface area contributed by atoms with Gasteiger partial charge in [-0.05, 0) is 55.0 Å². The Labute approximate surface area is 224 Å². The Balaban J connectivity index is 1.29. The van der Waals surface area contributed by atoms with Crippen LogP contribution in [0.1, 0.15) is 6.42 Å². The molecule has 0 bridgehead atoms. The molecule has 5 rings (SSSR count). The molecule has 0 unspecified atom stereocenters. The van der Waals surface area contributed by atoms with Gasteiger partial charge < -0.3 is 11.1 Å². The summed E-state index contributed by atoms with van der Waals surface area (Å²) in [5, 5.41) is 5.06. The fourth-order valence-corrected chi connectivity index (χ4v) is 5.74. The van der Waals surface area contributed by atoms with Gasteiger partial charge in [-0.25, -0.2) is 32.5 Å². The van der Waals surface area contributed by atoms with Crippen LogP contribution >= 0.6 is 27.3 Å². The highest BCUT2D eigenvalue weighted by atomic mass is 79.9. The number of sulfonamides is 1. The Morgan fingerprint density at radius 3 is 2.68 bits per heavy atom. The number of halogens is 2. The highest BCUT2D eigenvalue weighted by molar-refractivity contribution is 9.10. The Morgan fingerprint density at radius 2 is 1.89 bits per heavy atom. The number of hydrogen-bond acceptors (Lipinski definition) is 8. The maximum Gasteiger partial charge on any atom is 0.240 e. The van der Waals surface area contributed by atoms with Gasteiger partial charge in [0.05, 0.1) is 22.0 Å². The van der Waals surface area contributed by atoms with Crippen LogP contribution in [0.15, 0.2) is 75.7 Å². The minimum atomic E-state index is -3.58. The van der Waals surface area contributed by atoms with E-state index in [2.05, 4.69) is 35.9 Å². The number of fused-ring (bicyclic) bond motifs is 1. The van der Waals surface area contributed by atoms with Gasteiger partial charge in [-0.3, -0.25) is 4.40 Å². The van der Waals surface area contributed by atoms with Crippen LogP contribution in [0.3, 0.4) is 0 Å². The van der Waals surface area contributed by atoms with Crippen molar-refractivity contribution in [1.82, 2.24) is 24.1 Å². The topological polar surface area (TPSA) is 127 Å². The summed E-state index contributed by atoms with van der Waals surface area (Å²) in [5.74, 6) is -0.0954. The number of thiazole rings is 1. The van der Waals surface area contributed by atoms with E-state index in [4.69, 9.17) is 10.7 Å². The molecular weight excluding hydrogens is 581 g/mol. The SMILES string of the molecule is Nc1cc(-c2nc3sccn3c2-c2ccnc(NCCCNS(=O)(=O)c3ccc(Br)cc3)n2)ccc1F. The maximum absolute atomic E-state index is 13.8. The van der Waals surface area contributed by atoms with E-state index in [-0.39, 0.29) is 17.1 Å². The molecule has 0 saturated carbocycles. The van der Waals surface area contributed by atoms with Crippen molar-refractivity contribution in [2.45, 2.75) is 11.3 Å². The molecule has 0 atom stereocenters. The van der Waals surface area contributed by atoms with E-state index in [1.165, 1.54) is 17.4 Å². The number of anilines is 2. The third-order valence-corrected chi connectivity index (χ3v) is 8.24. The predicted octanol–water partition coefficient (Wildman–Crippen LogP) is 4.78. The monoisotopic (exact) mass is 601 g/mol. The van der Waals surface area contributed by atoms with Crippen molar-refractivity contribution in [3.63, 3.8) is 0 Å². The van der Waals surface area contributed by atoms with Gasteiger partial charge >= 0.3 is 0 Å². The van der Waals surface area contributed by atoms with Crippen LogP contribution in [0, 0.1) is 5.82 Å². The molecule has 190 valence electrons. The first kappa shape index (κ1) is 25.3. The van der Waals surface area contributed by atoms with Gasteiger partial charge in [-0.15, -0.1) is 11.3 Å². The molecule has 0 aliphatic rings. The fraction of sp³-hybridized carbons (Fsp3) is 0.125. The number of nitrogens with two attached hydrogens (primary N) is 1. The molecule has 3 aromatic heterocycles. The van der Waals surface area contributed by atoms with Crippen molar-refractivity contribution in [1.29, 1.82) is 0 Å². The summed E-state index contributed by atoms with van der Waals surface area (Å²) in [5.41, 5.74) is 8.50. The average Bonchev–Trinajstić information content (AvgIpc) is 3.47. The first-order chi connectivity index (χ1) is 17.8. The summed E-state index contributed by atoms with van der Waals surface area (Å²) in [6.07, 6.45) is 4.05. The van der Waals surface area contributed by atoms with Crippen molar-refractivity contribution in [3.05, 3.63) is 76.6 Å². The highest BCUT2D eigenvalue weighted by Crippen LogP contribution is 2.34. The van der Waals surface area contributed by atoms with Crippen LogP contribution in [0.5, 0.6) is 0 Å². The van der Waals surface area contributed by atoms with Gasteiger partial charge in [-0.2, -0.15) is 0 Å². The van der Waals surface area contributed by atoms with E-state index in [9.17, 15) is 12.8 Å². The molecule has 0 spiro atoms. The van der Waals surface area contributed by atoms with Crippen LogP contribution < -0.4 is 15.8 Å². The lowest BCUT2D eigenvalue weighted by Gasteiger charge is -2.09. The summed E-state index contributed by atoms with van der Waals surface area (Å²) >= 11 is 4.77. The summed E-state index contributed by atoms with van der Waals surface area (Å²) in [6, 6.07) is 12.7. The van der Waals surface area contributed by atoms with Crippen LogP contribution in [0.25, 0.3) is 27.6 Å². The molecule has 0 aliphatic carbocycles. The molecule has 0 fully saturated rings. The summed E-state index contributed by atoms with van der Waals surface area (Å²) in [7, 11) is -3.58. The van der Waals surface area contributed by atoms with E-state index in [1.54, 1.807) is 48.7 Å². The zero-order chi connectivity index (χ0) is 26.0. The minimum absolute atomic E-state index is 0.0422. The molecule has 0 saturated heterocycles. The van der Waals surface area contributed by atoms with Crippen LogP contribution in [-0.4, -0.2) is 40.9 Å². The zero-order valence-corrected chi connectivity index (χ0v) is 22.4. The van der Waals surface area contributed by atoms with Crippen LogP contribution in [0.2, 0.25) is 0 Å². The Bertz CT molecular complexity index is 1670. The molecule has 0 amide bonds. The van der Waals surface area contributed by atoms with Crippen molar-refractivity contribution < 1.29 is 12.8 Å². The Morgan fingerprint density at radius 1 is 1.08 bits per heavy atom. The standard InChI is InChI=1S/C24H21BrFN7O2S2/c25-16-3-5-17(6-4-16)37(34,35)30-10-1-9-28-23-29-11-8-20(31-23)22-21(32-24-33(22)12-13-36-24)15-2-7-18(26)19(27)14-15/h2-8,11-14,30H,1,9-10,27H2,(H,28,29,31). The lowest BCUT2D eigenvalue weighted by Crippen LogP contribution is -2.26. The number of nitrogens with zero attached hydrogens (tertiary/aromatic N) is 4. The van der Waals surface area contributed by atoms with E-state index in [1.807, 2.05) is 16.0 Å².